The standard InChI is InChI=1S/C18H12N4O2S.2C12H14N2O2.C9H9NO2.CH4.FH.K.H2.H/c23-11-20-13-4-1-3-12(9-13)15-6-7-19-18-14(10-21-22(15)18)17(24)16-5-2-8-25-16;2*1-14(2)7-6-12(16)10-4-3-5-11(8-10)13-9-15;1-7(12)8-3-2-4-9(5-8)10-6-11;;;;;/h1-11H,(H,20,23);2*3-9H,1-2H3,(H,13,15);2-6H,1H3,(H,10,11);1H4;1H;;1H;/q;;;;;;+1;;-1/b;2*7-6+;;;;;;. The van der Waals surface area contributed by atoms with Crippen LogP contribution in [0.25, 0.3) is 16.9 Å². The number of allylic oxidation sites excluding steroid dienone is 2. The van der Waals surface area contributed by atoms with Crippen LogP contribution in [-0.2, 0) is 19.2 Å². The fraction of sp³-hybridized carbons (Fsp3) is 0.115. The van der Waals surface area contributed by atoms with E-state index in [4.69, 9.17) is 0 Å². The fourth-order valence-electron chi connectivity index (χ4n) is 5.83. The number of halogens is 1. The van der Waals surface area contributed by atoms with E-state index in [1.54, 1.807) is 124 Å². The van der Waals surface area contributed by atoms with Crippen LogP contribution >= 0.6 is 11.3 Å². The van der Waals surface area contributed by atoms with Crippen LogP contribution in [0.2, 0.25) is 0 Å². The number of aromatic nitrogens is 3. The number of hydrogen-bond donors (Lipinski definition) is 4. The molecule has 0 aliphatic heterocycles. The maximum absolute atomic E-state index is 12.6. The summed E-state index contributed by atoms with van der Waals surface area (Å²) in [5.41, 5.74) is 6.84. The number of anilines is 4. The molecular formula is C52H57FKN9O8S. The molecule has 0 unspecified atom stereocenters. The molecule has 0 bridgehead atoms. The number of Topliss-reactive ketones (excluding diaryl/α,β-unsaturated/α-hetero) is 1. The molecule has 4 aromatic carbocycles. The number of carbonyl (C=O) groups is 8. The first-order chi connectivity index (χ1) is 33.3. The number of nitrogens with one attached hydrogen (secondary N) is 4. The Morgan fingerprint density at radius 3 is 1.50 bits per heavy atom. The fourth-order valence-corrected chi connectivity index (χ4v) is 6.51. The van der Waals surface area contributed by atoms with Gasteiger partial charge in [0.1, 0.15) is 0 Å². The number of hydrogen-bond acceptors (Lipinski definition) is 13. The number of fused-ring (bicyclic) bond motifs is 1. The molecule has 0 aliphatic carbocycles. The van der Waals surface area contributed by atoms with E-state index in [1.807, 2.05) is 63.9 Å². The Morgan fingerprint density at radius 1 is 0.625 bits per heavy atom. The zero-order chi connectivity index (χ0) is 50.1. The number of thiophene rings is 1. The van der Waals surface area contributed by atoms with Crippen molar-refractivity contribution in [1.82, 2.24) is 24.4 Å². The van der Waals surface area contributed by atoms with Crippen LogP contribution < -0.4 is 72.7 Å². The minimum absolute atomic E-state index is 0. The molecule has 17 nitrogen and oxygen atoms in total. The van der Waals surface area contributed by atoms with Crippen molar-refractivity contribution in [3.05, 3.63) is 185 Å². The molecular weight excluding hydrogens is 969 g/mol. The van der Waals surface area contributed by atoms with Crippen molar-refractivity contribution in [1.29, 1.82) is 0 Å². The van der Waals surface area contributed by atoms with E-state index in [0.29, 0.717) is 81.2 Å². The summed E-state index contributed by atoms with van der Waals surface area (Å²) in [5.74, 6) is -0.290. The van der Waals surface area contributed by atoms with Gasteiger partial charge in [0.25, 0.3) is 0 Å². The average molecular weight is 1030 g/mol. The number of carbonyl (C=O) groups excluding carboxylic acids is 8. The molecule has 20 heteroatoms. The van der Waals surface area contributed by atoms with E-state index in [1.165, 1.54) is 30.4 Å². The summed E-state index contributed by atoms with van der Waals surface area (Å²) >= 11 is 1.39. The number of rotatable bonds is 18. The van der Waals surface area contributed by atoms with Crippen LogP contribution in [0.1, 0.15) is 63.5 Å². The van der Waals surface area contributed by atoms with Crippen molar-refractivity contribution in [3.63, 3.8) is 0 Å². The van der Waals surface area contributed by atoms with Crippen molar-refractivity contribution < 1.29 is 97.3 Å². The summed E-state index contributed by atoms with van der Waals surface area (Å²) in [6, 6.07) is 33.2. The first-order valence-corrected chi connectivity index (χ1v) is 21.6. The minimum Gasteiger partial charge on any atom is -1.00 e. The van der Waals surface area contributed by atoms with Gasteiger partial charge in [-0.3, -0.25) is 43.1 Å². The van der Waals surface area contributed by atoms with Gasteiger partial charge in [0.15, 0.2) is 23.0 Å². The van der Waals surface area contributed by atoms with E-state index in [0.717, 1.165) is 11.3 Å². The summed E-state index contributed by atoms with van der Waals surface area (Å²) in [6.07, 6.45) is 11.9. The Labute approximate surface area is 466 Å². The summed E-state index contributed by atoms with van der Waals surface area (Å²) in [5, 5.41) is 16.3. The van der Waals surface area contributed by atoms with Crippen LogP contribution in [0.5, 0.6) is 0 Å². The second kappa shape index (κ2) is 33.1. The van der Waals surface area contributed by atoms with Gasteiger partial charge in [0.05, 0.1) is 22.3 Å². The molecule has 0 saturated heterocycles. The van der Waals surface area contributed by atoms with Gasteiger partial charge in [0.2, 0.25) is 31.4 Å². The third-order valence-electron chi connectivity index (χ3n) is 9.06. The van der Waals surface area contributed by atoms with Gasteiger partial charge in [-0.25, -0.2) is 9.50 Å². The Hall–Kier alpha value is -7.59. The SMILES string of the molecule is C.CC(=O)c1cccc(NC=O)c1.CN(C)/C=C/C(=O)c1cccc(NC=O)c1.CN(C)/C=C/C(=O)c1cccc(NC=O)c1.F.O=CNc1cccc(-c2ccnc3c(C(=O)c4cccs4)cnn23)c1.[H-].[HH].[K+]. The molecule has 372 valence electrons. The van der Waals surface area contributed by atoms with E-state index in [-0.39, 0.29) is 89.5 Å². The molecule has 7 aromatic rings. The third kappa shape index (κ3) is 20.0. The first-order valence-electron chi connectivity index (χ1n) is 20.7. The molecule has 0 fully saturated rings. The van der Waals surface area contributed by atoms with Crippen molar-refractivity contribution >= 4 is 88.5 Å². The van der Waals surface area contributed by atoms with Crippen molar-refractivity contribution in [2.75, 3.05) is 49.5 Å². The molecule has 0 spiro atoms. The van der Waals surface area contributed by atoms with Crippen LogP contribution in [0, 0.1) is 0 Å². The van der Waals surface area contributed by atoms with Crippen LogP contribution in [0.4, 0.5) is 27.5 Å². The van der Waals surface area contributed by atoms with Gasteiger partial charge in [0, 0.05) is 105 Å². The van der Waals surface area contributed by atoms with Gasteiger partial charge in [-0.15, -0.1) is 11.3 Å². The summed E-state index contributed by atoms with van der Waals surface area (Å²) < 4.78 is 1.64. The average Bonchev–Trinajstić information content (AvgIpc) is 4.06. The normalized spacial score (nSPS) is 9.74. The summed E-state index contributed by atoms with van der Waals surface area (Å²) in [7, 11) is 7.37. The number of ketones is 4. The van der Waals surface area contributed by atoms with Gasteiger partial charge in [-0.1, -0.05) is 62.0 Å². The summed E-state index contributed by atoms with van der Waals surface area (Å²) in [4.78, 5) is 96.6. The zero-order valence-electron chi connectivity index (χ0n) is 40.6. The monoisotopic (exact) mass is 1030 g/mol. The quantitative estimate of drug-likeness (QED) is 0.0342. The Kier molecular flexibility index (Phi) is 28.7. The molecule has 4 N–H and O–H groups in total. The predicted molar refractivity (Wildman–Crippen MR) is 281 cm³/mol. The van der Waals surface area contributed by atoms with Crippen molar-refractivity contribution in [2.45, 2.75) is 14.4 Å². The zero-order valence-corrected chi connectivity index (χ0v) is 43.6. The van der Waals surface area contributed by atoms with Gasteiger partial charge in [-0.2, -0.15) is 5.10 Å². The van der Waals surface area contributed by atoms with E-state index >= 15 is 0 Å². The predicted octanol–water partition coefficient (Wildman–Crippen LogP) is 5.89. The second-order valence-corrected chi connectivity index (χ2v) is 15.6. The molecule has 3 heterocycles. The maximum Gasteiger partial charge on any atom is 1.00 e. The molecule has 4 amide bonds. The molecule has 0 radical (unpaired) electrons. The molecule has 3 aromatic heterocycles. The number of amides is 4. The van der Waals surface area contributed by atoms with Gasteiger partial charge >= 0.3 is 51.4 Å². The van der Waals surface area contributed by atoms with Crippen LogP contribution in [-0.4, -0.2) is 101 Å². The number of benzene rings is 4. The second-order valence-electron chi connectivity index (χ2n) is 14.6. The number of nitrogens with zero attached hydrogens (tertiary/aromatic N) is 5. The van der Waals surface area contributed by atoms with Gasteiger partial charge in [-0.05, 0) is 73.0 Å². The molecule has 7 rings (SSSR count). The van der Waals surface area contributed by atoms with Gasteiger partial charge < -0.3 is 32.5 Å². The molecule has 0 saturated carbocycles. The topological polar surface area (TPSA) is 221 Å². The van der Waals surface area contributed by atoms with Crippen molar-refractivity contribution in [3.8, 4) is 11.3 Å². The van der Waals surface area contributed by atoms with E-state index in [9.17, 15) is 38.4 Å². The largest absolute Gasteiger partial charge is 1.00 e. The maximum atomic E-state index is 12.6. The Bertz CT molecular complexity index is 2890. The first kappa shape index (κ1) is 62.4. The molecule has 0 aliphatic rings. The minimum atomic E-state index is -0.0942. The third-order valence-corrected chi connectivity index (χ3v) is 9.93. The van der Waals surface area contributed by atoms with Crippen LogP contribution in [0.15, 0.2) is 158 Å². The van der Waals surface area contributed by atoms with E-state index in [2.05, 4.69) is 31.3 Å². The van der Waals surface area contributed by atoms with Crippen LogP contribution in [0.3, 0.4) is 0 Å². The Morgan fingerprint density at radius 2 is 1.07 bits per heavy atom. The van der Waals surface area contributed by atoms with Crippen molar-refractivity contribution in [2.24, 2.45) is 0 Å². The smallest absolute Gasteiger partial charge is 1.00 e. The summed E-state index contributed by atoms with van der Waals surface area (Å²) in [6.45, 7) is 1.49. The van der Waals surface area contributed by atoms with E-state index < -0.39 is 0 Å². The molecule has 72 heavy (non-hydrogen) atoms. The molecule has 0 atom stereocenters. The Balaban J connectivity index is 0.